The molecule has 0 aliphatic heterocycles. The second kappa shape index (κ2) is 5.56. The lowest BCUT2D eigenvalue weighted by molar-refractivity contribution is 0.0994. The third-order valence-corrected chi connectivity index (χ3v) is 3.86. The van der Waals surface area contributed by atoms with Gasteiger partial charge in [0.2, 0.25) is 0 Å². The summed E-state index contributed by atoms with van der Waals surface area (Å²) in [6, 6.07) is 15.3. The fraction of sp³-hybridized carbons (Fsp3) is 0.167. The molecule has 0 unspecified atom stereocenters. The highest BCUT2D eigenvalue weighted by Crippen LogP contribution is 2.28. The molecule has 112 valence electrons. The number of nitrogens with one attached hydrogen (secondary N) is 1. The number of rotatable bonds is 3. The molecule has 3 rings (SSSR count). The normalized spacial score (nSPS) is 10.7. The first kappa shape index (κ1) is 14.2. The van der Waals surface area contributed by atoms with Gasteiger partial charge >= 0.3 is 0 Å². The summed E-state index contributed by atoms with van der Waals surface area (Å²) >= 11 is 0. The number of hydrogen-bond donors (Lipinski definition) is 1. The van der Waals surface area contributed by atoms with E-state index in [0.29, 0.717) is 5.56 Å². The summed E-state index contributed by atoms with van der Waals surface area (Å²) in [6.45, 7) is 1.92. The molecule has 0 fully saturated rings. The van der Waals surface area contributed by atoms with Gasteiger partial charge in [-0.1, -0.05) is 18.2 Å². The number of carbonyl (C=O) groups is 1. The molecule has 0 atom stereocenters. The molecule has 0 saturated carbocycles. The van der Waals surface area contributed by atoms with E-state index in [9.17, 15) is 4.79 Å². The molecule has 1 aromatic heterocycles. The third kappa shape index (κ3) is 2.33. The van der Waals surface area contributed by atoms with E-state index in [4.69, 9.17) is 4.74 Å². The van der Waals surface area contributed by atoms with Crippen LogP contribution in [0.5, 0.6) is 5.75 Å². The van der Waals surface area contributed by atoms with Crippen LogP contribution < -0.4 is 9.64 Å². The lowest BCUT2D eigenvalue weighted by atomic mass is 10.1. The second-order valence-corrected chi connectivity index (χ2v) is 5.24. The van der Waals surface area contributed by atoms with Crippen molar-refractivity contribution in [3.63, 3.8) is 0 Å². The van der Waals surface area contributed by atoms with Crippen molar-refractivity contribution in [1.82, 2.24) is 4.98 Å². The van der Waals surface area contributed by atoms with Crippen molar-refractivity contribution in [2.24, 2.45) is 0 Å². The van der Waals surface area contributed by atoms with E-state index < -0.39 is 0 Å². The van der Waals surface area contributed by atoms with Gasteiger partial charge in [0, 0.05) is 29.3 Å². The predicted molar refractivity (Wildman–Crippen MR) is 88.8 cm³/mol. The molecule has 4 nitrogen and oxygen atoms in total. The maximum atomic E-state index is 12.9. The van der Waals surface area contributed by atoms with Gasteiger partial charge in [0.15, 0.2) is 0 Å². The summed E-state index contributed by atoms with van der Waals surface area (Å²) in [4.78, 5) is 17.8. The van der Waals surface area contributed by atoms with Crippen LogP contribution in [-0.4, -0.2) is 25.0 Å². The molecular weight excluding hydrogens is 276 g/mol. The van der Waals surface area contributed by atoms with Crippen molar-refractivity contribution in [2.45, 2.75) is 6.92 Å². The average Bonchev–Trinajstić information content (AvgIpc) is 2.89. The Morgan fingerprint density at radius 2 is 1.86 bits per heavy atom. The largest absolute Gasteiger partial charge is 0.497 e. The van der Waals surface area contributed by atoms with Crippen molar-refractivity contribution < 1.29 is 9.53 Å². The highest BCUT2D eigenvalue weighted by molar-refractivity contribution is 6.15. The van der Waals surface area contributed by atoms with Crippen molar-refractivity contribution in [3.05, 3.63) is 59.8 Å². The van der Waals surface area contributed by atoms with Gasteiger partial charge in [0.05, 0.1) is 12.7 Å². The highest BCUT2D eigenvalue weighted by atomic mass is 16.5. The Morgan fingerprint density at radius 3 is 2.55 bits per heavy atom. The van der Waals surface area contributed by atoms with Gasteiger partial charge in [-0.3, -0.25) is 4.79 Å². The van der Waals surface area contributed by atoms with Gasteiger partial charge in [-0.05, 0) is 37.3 Å². The predicted octanol–water partition coefficient (Wildman–Crippen LogP) is 3.76. The minimum atomic E-state index is -0.0387. The first-order valence-corrected chi connectivity index (χ1v) is 7.11. The van der Waals surface area contributed by atoms with Crippen LogP contribution in [0.1, 0.15) is 16.1 Å². The summed E-state index contributed by atoms with van der Waals surface area (Å²) in [5, 5.41) is 0.879. The Balaban J connectivity index is 2.09. The van der Waals surface area contributed by atoms with Crippen LogP contribution in [0, 0.1) is 6.92 Å². The molecule has 1 amide bonds. The molecule has 0 bridgehead atoms. The van der Waals surface area contributed by atoms with Gasteiger partial charge in [0.1, 0.15) is 5.75 Å². The number of aryl methyl sites for hydroxylation is 1. The number of aromatic nitrogens is 1. The Kier molecular flexibility index (Phi) is 3.59. The van der Waals surface area contributed by atoms with Gasteiger partial charge < -0.3 is 14.6 Å². The summed E-state index contributed by atoms with van der Waals surface area (Å²) < 4.78 is 5.27. The highest BCUT2D eigenvalue weighted by Gasteiger charge is 2.20. The summed E-state index contributed by atoms with van der Waals surface area (Å²) in [5.74, 6) is 0.700. The van der Waals surface area contributed by atoms with Crippen molar-refractivity contribution >= 4 is 22.5 Å². The Morgan fingerprint density at radius 1 is 1.14 bits per heavy atom. The number of nitrogens with zero attached hydrogens (tertiary/aromatic N) is 1. The van der Waals surface area contributed by atoms with E-state index in [1.165, 1.54) is 0 Å². The van der Waals surface area contributed by atoms with Crippen molar-refractivity contribution in [2.75, 3.05) is 19.1 Å². The molecule has 3 aromatic rings. The van der Waals surface area contributed by atoms with Crippen LogP contribution in [0.3, 0.4) is 0 Å². The summed E-state index contributed by atoms with van der Waals surface area (Å²) in [5.41, 5.74) is 3.34. The molecule has 0 saturated heterocycles. The molecule has 2 aromatic carbocycles. The number of benzene rings is 2. The lowest BCUT2D eigenvalue weighted by Crippen LogP contribution is -2.26. The van der Waals surface area contributed by atoms with E-state index in [1.807, 2.05) is 55.5 Å². The minimum Gasteiger partial charge on any atom is -0.497 e. The standard InChI is InChI=1S/C18H18N2O2/c1-12-17(15-11-14(22-3)9-10-16(15)19-12)18(21)20(2)13-7-5-4-6-8-13/h4-11,19H,1-3H3. The molecule has 0 aliphatic rings. The number of ether oxygens (including phenoxy) is 1. The van der Waals surface area contributed by atoms with Crippen molar-refractivity contribution in [1.29, 1.82) is 0 Å². The van der Waals surface area contributed by atoms with Gasteiger partial charge in [-0.15, -0.1) is 0 Å². The molecule has 0 radical (unpaired) electrons. The zero-order valence-electron chi connectivity index (χ0n) is 12.9. The number of fused-ring (bicyclic) bond motifs is 1. The number of methoxy groups -OCH3 is 1. The van der Waals surface area contributed by atoms with Gasteiger partial charge in [-0.25, -0.2) is 0 Å². The Hall–Kier alpha value is -2.75. The number of carbonyl (C=O) groups excluding carboxylic acids is 1. The molecule has 4 heteroatoms. The number of para-hydroxylation sites is 1. The SMILES string of the molecule is COc1ccc2[nH]c(C)c(C(=O)N(C)c3ccccc3)c2c1. The minimum absolute atomic E-state index is 0.0387. The smallest absolute Gasteiger partial charge is 0.260 e. The number of aromatic amines is 1. The Labute approximate surface area is 129 Å². The van der Waals surface area contributed by atoms with Crippen molar-refractivity contribution in [3.8, 4) is 5.75 Å². The zero-order valence-corrected chi connectivity index (χ0v) is 12.9. The quantitative estimate of drug-likeness (QED) is 0.799. The van der Waals surface area contributed by atoms with Gasteiger partial charge in [-0.2, -0.15) is 0 Å². The third-order valence-electron chi connectivity index (χ3n) is 3.86. The van der Waals surface area contributed by atoms with Crippen LogP contribution in [0.2, 0.25) is 0 Å². The maximum Gasteiger partial charge on any atom is 0.260 e. The van der Waals surface area contributed by atoms with E-state index in [1.54, 1.807) is 19.1 Å². The van der Waals surface area contributed by atoms with Crippen LogP contribution in [0.4, 0.5) is 5.69 Å². The molecule has 22 heavy (non-hydrogen) atoms. The van der Waals surface area contributed by atoms with E-state index in [2.05, 4.69) is 4.98 Å². The summed E-state index contributed by atoms with van der Waals surface area (Å²) in [7, 11) is 3.41. The number of amides is 1. The number of anilines is 1. The average molecular weight is 294 g/mol. The van der Waals surface area contributed by atoms with E-state index >= 15 is 0 Å². The fourth-order valence-corrected chi connectivity index (χ4v) is 2.64. The summed E-state index contributed by atoms with van der Waals surface area (Å²) in [6.07, 6.45) is 0. The van der Waals surface area contributed by atoms with E-state index in [-0.39, 0.29) is 5.91 Å². The molecule has 0 aliphatic carbocycles. The fourth-order valence-electron chi connectivity index (χ4n) is 2.64. The number of hydrogen-bond acceptors (Lipinski definition) is 2. The zero-order chi connectivity index (χ0) is 15.7. The van der Waals surface area contributed by atoms with Crippen LogP contribution in [0.15, 0.2) is 48.5 Å². The van der Waals surface area contributed by atoms with Gasteiger partial charge in [0.25, 0.3) is 5.91 Å². The molecule has 1 heterocycles. The van der Waals surface area contributed by atoms with Crippen LogP contribution >= 0.6 is 0 Å². The molecular formula is C18H18N2O2. The molecule has 1 N–H and O–H groups in total. The second-order valence-electron chi connectivity index (χ2n) is 5.24. The van der Waals surface area contributed by atoms with Crippen LogP contribution in [0.25, 0.3) is 10.9 Å². The Bertz CT molecular complexity index is 822. The van der Waals surface area contributed by atoms with Crippen LogP contribution in [-0.2, 0) is 0 Å². The maximum absolute atomic E-state index is 12.9. The lowest BCUT2D eigenvalue weighted by Gasteiger charge is -2.17. The monoisotopic (exact) mass is 294 g/mol. The first-order chi connectivity index (χ1) is 10.6. The number of H-pyrrole nitrogens is 1. The topological polar surface area (TPSA) is 45.3 Å². The first-order valence-electron chi connectivity index (χ1n) is 7.11. The molecule has 0 spiro atoms. The van der Waals surface area contributed by atoms with E-state index in [0.717, 1.165) is 28.0 Å².